The van der Waals surface area contributed by atoms with Crippen LogP contribution in [0.1, 0.15) is 36.3 Å². The molecule has 1 heterocycles. The Balaban J connectivity index is 1.59. The topological polar surface area (TPSA) is 128 Å². The van der Waals surface area contributed by atoms with Crippen molar-refractivity contribution in [3.8, 4) is 11.8 Å². The van der Waals surface area contributed by atoms with Gasteiger partial charge in [0.2, 0.25) is 5.88 Å². The molecular formula is C23H18ClN3O5. The molecule has 4 rings (SSSR count). The lowest BCUT2D eigenvalue weighted by Gasteiger charge is -2.31. The molecule has 0 unspecified atom stereocenters. The van der Waals surface area contributed by atoms with Crippen LogP contribution in [-0.4, -0.2) is 10.7 Å². The van der Waals surface area contributed by atoms with Crippen LogP contribution in [0, 0.1) is 21.4 Å². The molecule has 2 aliphatic rings. The molecule has 0 saturated heterocycles. The predicted molar refractivity (Wildman–Crippen MR) is 115 cm³/mol. The normalized spacial score (nSPS) is 18.0. The first-order valence-corrected chi connectivity index (χ1v) is 10.3. The molecule has 0 fully saturated rings. The second kappa shape index (κ2) is 8.73. The van der Waals surface area contributed by atoms with E-state index >= 15 is 0 Å². The molecule has 1 aliphatic heterocycles. The number of hydrogen-bond acceptors (Lipinski definition) is 7. The van der Waals surface area contributed by atoms with Crippen LogP contribution in [0.4, 0.5) is 5.69 Å². The van der Waals surface area contributed by atoms with E-state index in [2.05, 4.69) is 6.07 Å². The lowest BCUT2D eigenvalue weighted by molar-refractivity contribution is -0.384. The zero-order valence-corrected chi connectivity index (χ0v) is 17.6. The van der Waals surface area contributed by atoms with Crippen molar-refractivity contribution in [2.24, 2.45) is 5.73 Å². The number of ether oxygens (including phenoxy) is 2. The van der Waals surface area contributed by atoms with E-state index in [1.54, 1.807) is 30.3 Å². The van der Waals surface area contributed by atoms with Crippen LogP contribution in [0.5, 0.6) is 5.75 Å². The van der Waals surface area contributed by atoms with Gasteiger partial charge in [0.15, 0.2) is 5.78 Å². The standard InChI is InChI=1S/C23H18ClN3O5/c24-17-10-14(6-9-19(17)31-12-13-4-7-15(8-5-13)27(29)30)21-16(11-25)23(26)32-20-3-1-2-18(28)22(20)21/h4-10,21H,1-3,12,26H2/t21-/m1/s1. The van der Waals surface area contributed by atoms with Crippen LogP contribution in [0.3, 0.4) is 0 Å². The fourth-order valence-electron chi connectivity index (χ4n) is 3.88. The second-order valence-corrected chi connectivity index (χ2v) is 7.85. The quantitative estimate of drug-likeness (QED) is 0.517. The van der Waals surface area contributed by atoms with Gasteiger partial charge in [-0.1, -0.05) is 17.7 Å². The number of halogens is 1. The van der Waals surface area contributed by atoms with Crippen molar-refractivity contribution in [3.63, 3.8) is 0 Å². The number of nitrogens with two attached hydrogens (primary N) is 1. The maximum absolute atomic E-state index is 12.6. The molecule has 0 spiro atoms. The first kappa shape index (κ1) is 21.4. The highest BCUT2D eigenvalue weighted by molar-refractivity contribution is 6.32. The third-order valence-electron chi connectivity index (χ3n) is 5.44. The van der Waals surface area contributed by atoms with Crippen molar-refractivity contribution in [1.82, 2.24) is 0 Å². The number of nitrogens with zero attached hydrogens (tertiary/aromatic N) is 2. The minimum Gasteiger partial charge on any atom is -0.487 e. The number of rotatable bonds is 5. The summed E-state index contributed by atoms with van der Waals surface area (Å²) in [5.41, 5.74) is 7.98. The Bertz CT molecular complexity index is 1210. The van der Waals surface area contributed by atoms with Crippen molar-refractivity contribution < 1.29 is 19.2 Å². The van der Waals surface area contributed by atoms with E-state index in [1.165, 1.54) is 12.1 Å². The van der Waals surface area contributed by atoms with E-state index in [1.807, 2.05) is 0 Å². The fraction of sp³-hybridized carbons (Fsp3) is 0.217. The summed E-state index contributed by atoms with van der Waals surface area (Å²) in [6.45, 7) is 0.165. The summed E-state index contributed by atoms with van der Waals surface area (Å²) < 4.78 is 11.3. The highest BCUT2D eigenvalue weighted by Crippen LogP contribution is 2.44. The SMILES string of the molecule is N#CC1=C(N)OC2=C(C(=O)CCC2)[C@@H]1c1ccc(OCc2ccc([N+](=O)[O-])cc2)c(Cl)c1. The van der Waals surface area contributed by atoms with Crippen LogP contribution in [0.15, 0.2) is 65.3 Å². The summed E-state index contributed by atoms with van der Waals surface area (Å²) >= 11 is 6.44. The summed E-state index contributed by atoms with van der Waals surface area (Å²) in [6.07, 6.45) is 1.65. The van der Waals surface area contributed by atoms with Gasteiger partial charge < -0.3 is 15.2 Å². The molecule has 0 saturated carbocycles. The minimum atomic E-state index is -0.641. The molecule has 32 heavy (non-hydrogen) atoms. The smallest absolute Gasteiger partial charge is 0.269 e. The Morgan fingerprint density at radius 2 is 2.00 bits per heavy atom. The van der Waals surface area contributed by atoms with Crippen LogP contribution < -0.4 is 10.5 Å². The van der Waals surface area contributed by atoms with Gasteiger partial charge in [0.1, 0.15) is 29.8 Å². The number of ketones is 1. The number of hydrogen-bond donors (Lipinski definition) is 1. The maximum Gasteiger partial charge on any atom is 0.269 e. The van der Waals surface area contributed by atoms with Gasteiger partial charge in [0.25, 0.3) is 5.69 Å². The van der Waals surface area contributed by atoms with Gasteiger partial charge in [-0.05, 0) is 41.8 Å². The first-order valence-electron chi connectivity index (χ1n) is 9.88. The second-order valence-electron chi connectivity index (χ2n) is 7.44. The Kier molecular flexibility index (Phi) is 5.84. The molecule has 1 aliphatic carbocycles. The molecular weight excluding hydrogens is 434 g/mol. The van der Waals surface area contributed by atoms with Gasteiger partial charge in [-0.25, -0.2) is 0 Å². The molecule has 0 radical (unpaired) electrons. The van der Waals surface area contributed by atoms with Crippen molar-refractivity contribution in [1.29, 1.82) is 5.26 Å². The van der Waals surface area contributed by atoms with E-state index in [9.17, 15) is 20.2 Å². The highest BCUT2D eigenvalue weighted by atomic mass is 35.5. The summed E-state index contributed by atoms with van der Waals surface area (Å²) in [4.78, 5) is 22.9. The van der Waals surface area contributed by atoms with Gasteiger partial charge in [-0.2, -0.15) is 5.26 Å². The number of nitro benzene ring substituents is 1. The van der Waals surface area contributed by atoms with Gasteiger partial charge in [-0.15, -0.1) is 0 Å². The number of nitro groups is 1. The molecule has 162 valence electrons. The Morgan fingerprint density at radius 3 is 2.66 bits per heavy atom. The summed E-state index contributed by atoms with van der Waals surface area (Å²) in [5, 5.41) is 20.7. The zero-order valence-electron chi connectivity index (χ0n) is 16.8. The summed E-state index contributed by atoms with van der Waals surface area (Å²) in [5.74, 6) is 0.210. The number of Topliss-reactive ketones (excluding diaryl/α,β-unsaturated/α-hetero) is 1. The molecule has 0 bridgehead atoms. The van der Waals surface area contributed by atoms with Crippen LogP contribution in [-0.2, 0) is 16.1 Å². The number of non-ortho nitro benzene ring substituents is 1. The van der Waals surface area contributed by atoms with Crippen LogP contribution >= 0.6 is 11.6 Å². The Morgan fingerprint density at radius 1 is 1.25 bits per heavy atom. The molecule has 9 heteroatoms. The molecule has 1 atom stereocenters. The van der Waals surface area contributed by atoms with Crippen molar-refractivity contribution in [3.05, 3.63) is 91.5 Å². The molecule has 0 aromatic heterocycles. The highest BCUT2D eigenvalue weighted by Gasteiger charge is 2.38. The van der Waals surface area contributed by atoms with E-state index in [0.29, 0.717) is 46.9 Å². The molecule has 8 nitrogen and oxygen atoms in total. The van der Waals surface area contributed by atoms with Crippen molar-refractivity contribution in [2.45, 2.75) is 31.8 Å². The number of allylic oxidation sites excluding steroid dienone is 3. The van der Waals surface area contributed by atoms with E-state index in [4.69, 9.17) is 26.8 Å². The van der Waals surface area contributed by atoms with E-state index in [0.717, 1.165) is 5.56 Å². The van der Waals surface area contributed by atoms with Gasteiger partial charge in [-0.3, -0.25) is 14.9 Å². The number of carbonyl (C=O) groups excluding carboxylic acids is 1. The monoisotopic (exact) mass is 451 g/mol. The number of carbonyl (C=O) groups is 1. The van der Waals surface area contributed by atoms with Gasteiger partial charge >= 0.3 is 0 Å². The third kappa shape index (κ3) is 4.03. The largest absolute Gasteiger partial charge is 0.487 e. The lowest BCUT2D eigenvalue weighted by Crippen LogP contribution is -2.27. The lowest BCUT2D eigenvalue weighted by atomic mass is 9.77. The van der Waals surface area contributed by atoms with Crippen LogP contribution in [0.2, 0.25) is 5.02 Å². The zero-order chi connectivity index (χ0) is 22.8. The average molecular weight is 452 g/mol. The average Bonchev–Trinajstić information content (AvgIpc) is 2.77. The minimum absolute atomic E-state index is 0.000528. The Labute approximate surface area is 188 Å². The van der Waals surface area contributed by atoms with E-state index in [-0.39, 0.29) is 29.5 Å². The predicted octanol–water partition coefficient (Wildman–Crippen LogP) is 4.64. The molecule has 2 aromatic carbocycles. The molecule has 0 amide bonds. The molecule has 2 aromatic rings. The van der Waals surface area contributed by atoms with Crippen molar-refractivity contribution >= 4 is 23.1 Å². The third-order valence-corrected chi connectivity index (χ3v) is 5.73. The molecule has 2 N–H and O–H groups in total. The van der Waals surface area contributed by atoms with Gasteiger partial charge in [0.05, 0.1) is 15.9 Å². The van der Waals surface area contributed by atoms with E-state index < -0.39 is 10.8 Å². The van der Waals surface area contributed by atoms with Crippen molar-refractivity contribution in [2.75, 3.05) is 0 Å². The Hall–Kier alpha value is -3.83. The fourth-order valence-corrected chi connectivity index (χ4v) is 4.12. The number of benzene rings is 2. The van der Waals surface area contributed by atoms with Gasteiger partial charge in [0, 0.05) is 30.5 Å². The van der Waals surface area contributed by atoms with Crippen LogP contribution in [0.25, 0.3) is 0 Å². The maximum atomic E-state index is 12.6. The summed E-state index contributed by atoms with van der Waals surface area (Å²) in [7, 11) is 0. The summed E-state index contributed by atoms with van der Waals surface area (Å²) in [6, 6.07) is 13.2. The first-order chi connectivity index (χ1) is 15.4. The number of nitriles is 1.